The summed E-state index contributed by atoms with van der Waals surface area (Å²) in [7, 11) is 0. The molecule has 0 bridgehead atoms. The first-order chi connectivity index (χ1) is 15.0. The number of nitrogen functional groups attached to an aromatic ring is 1. The number of fused-ring (bicyclic) bond motifs is 1. The van der Waals surface area contributed by atoms with Crippen molar-refractivity contribution in [3.05, 3.63) is 45.9 Å². The number of likely N-dealkylation sites (tertiary alicyclic amines) is 1. The Morgan fingerprint density at radius 2 is 2.03 bits per heavy atom. The van der Waals surface area contributed by atoms with Gasteiger partial charge >= 0.3 is 12.2 Å². The van der Waals surface area contributed by atoms with Gasteiger partial charge in [0.1, 0.15) is 5.82 Å². The molecule has 12 heteroatoms. The fourth-order valence-electron chi connectivity index (χ4n) is 3.97. The van der Waals surface area contributed by atoms with Crippen LogP contribution in [0.25, 0.3) is 0 Å². The Morgan fingerprint density at radius 1 is 1.28 bits per heavy atom. The molecule has 4 rings (SSSR count). The van der Waals surface area contributed by atoms with Gasteiger partial charge in [-0.15, -0.1) is 0 Å². The maximum atomic E-state index is 13.2. The van der Waals surface area contributed by atoms with Crippen LogP contribution < -0.4 is 11.1 Å². The first-order valence-corrected chi connectivity index (χ1v) is 10.4. The van der Waals surface area contributed by atoms with E-state index in [0.717, 1.165) is 12.1 Å². The van der Waals surface area contributed by atoms with Gasteiger partial charge in [-0.05, 0) is 48.7 Å². The van der Waals surface area contributed by atoms with Crippen LogP contribution in [-0.2, 0) is 19.3 Å². The number of alkyl halides is 3. The number of anilines is 2. The maximum absolute atomic E-state index is 13.2. The zero-order valence-electron chi connectivity index (χ0n) is 17.2. The highest BCUT2D eigenvalue weighted by Crippen LogP contribution is 2.35. The van der Waals surface area contributed by atoms with Gasteiger partial charge in [0.15, 0.2) is 0 Å². The number of carbonyl (C=O) groups is 1. The number of aliphatic hydroxyl groups excluding tert-OH is 1. The summed E-state index contributed by atoms with van der Waals surface area (Å²) in [5.41, 5.74) is 6.39. The van der Waals surface area contributed by atoms with Crippen LogP contribution in [-0.4, -0.2) is 50.1 Å². The summed E-state index contributed by atoms with van der Waals surface area (Å²) >= 11 is 6.06. The van der Waals surface area contributed by atoms with Crippen molar-refractivity contribution < 1.29 is 23.1 Å². The zero-order valence-corrected chi connectivity index (χ0v) is 17.9. The molecule has 0 aliphatic carbocycles. The lowest BCUT2D eigenvalue weighted by molar-refractivity contribution is -0.137. The number of nitrogens with zero attached hydrogens (tertiary/aromatic N) is 4. The molecule has 2 amide bonds. The number of urea groups is 1. The molecule has 1 aromatic heterocycles. The number of benzene rings is 1. The molecule has 172 valence electrons. The predicted molar refractivity (Wildman–Crippen MR) is 112 cm³/mol. The van der Waals surface area contributed by atoms with Gasteiger partial charge in [-0.1, -0.05) is 0 Å². The number of nitrogens with one attached hydrogen (secondary N) is 1. The number of nitrogens with two attached hydrogens (primary N) is 1. The molecule has 0 radical (unpaired) electrons. The number of rotatable bonds is 3. The number of halogens is 4. The Labute approximate surface area is 187 Å². The molecule has 1 saturated heterocycles. The van der Waals surface area contributed by atoms with Crippen molar-refractivity contribution in [3.8, 4) is 0 Å². The minimum absolute atomic E-state index is 0.000929. The second-order valence-electron chi connectivity index (χ2n) is 8.05. The van der Waals surface area contributed by atoms with E-state index in [-0.39, 0.29) is 36.6 Å². The van der Waals surface area contributed by atoms with Crippen molar-refractivity contribution in [2.45, 2.75) is 44.8 Å². The molecule has 0 spiro atoms. The first-order valence-electron chi connectivity index (χ1n) is 10.0. The zero-order chi connectivity index (χ0) is 23.2. The highest BCUT2D eigenvalue weighted by atomic mass is 35.5. The Hall–Kier alpha value is -2.79. The molecule has 2 aliphatic heterocycles. The van der Waals surface area contributed by atoms with Gasteiger partial charge < -0.3 is 26.0 Å². The smallest absolute Gasteiger partial charge is 0.399 e. The fraction of sp³-hybridized carbons (Fsp3) is 0.450. The van der Waals surface area contributed by atoms with Gasteiger partial charge in [-0.3, -0.25) is 0 Å². The summed E-state index contributed by atoms with van der Waals surface area (Å²) in [5, 5.41) is 12.8. The number of aromatic nitrogens is 2. The largest absolute Gasteiger partial charge is 0.416 e. The van der Waals surface area contributed by atoms with Gasteiger partial charge in [-0.2, -0.15) is 13.2 Å². The molecule has 1 fully saturated rings. The normalized spacial score (nSPS) is 19.2. The summed E-state index contributed by atoms with van der Waals surface area (Å²) in [5.74, 6) is 0.347. The van der Waals surface area contributed by atoms with Crippen molar-refractivity contribution >= 4 is 29.1 Å². The average Bonchev–Trinajstić information content (AvgIpc) is 3.32. The van der Waals surface area contributed by atoms with E-state index in [1.807, 2.05) is 0 Å². The molecule has 2 aromatic rings. The van der Waals surface area contributed by atoms with E-state index in [1.165, 1.54) is 6.07 Å². The van der Waals surface area contributed by atoms with Crippen LogP contribution in [0.5, 0.6) is 0 Å². The highest BCUT2D eigenvalue weighted by molar-refractivity contribution is 6.28. The highest BCUT2D eigenvalue weighted by Gasteiger charge is 2.34. The number of hydrogen-bond donors (Lipinski definition) is 3. The Kier molecular flexibility index (Phi) is 5.80. The van der Waals surface area contributed by atoms with Crippen molar-refractivity contribution in [2.75, 3.05) is 24.1 Å². The lowest BCUT2D eigenvalue weighted by atomic mass is 10.0. The molecule has 1 aromatic carbocycles. The van der Waals surface area contributed by atoms with Crippen molar-refractivity contribution in [1.82, 2.24) is 19.8 Å². The van der Waals surface area contributed by atoms with Gasteiger partial charge in [0.05, 0.1) is 36.5 Å². The summed E-state index contributed by atoms with van der Waals surface area (Å²) in [6.07, 6.45) is -4.52. The third-order valence-corrected chi connectivity index (χ3v) is 5.79. The van der Waals surface area contributed by atoms with Gasteiger partial charge in [0, 0.05) is 24.3 Å². The maximum Gasteiger partial charge on any atom is 0.416 e. The molecule has 2 atom stereocenters. The van der Waals surface area contributed by atoms with Crippen LogP contribution in [0.4, 0.5) is 29.5 Å². The molecule has 2 aliphatic rings. The lowest BCUT2D eigenvalue weighted by Gasteiger charge is -2.23. The fourth-order valence-corrected chi connectivity index (χ4v) is 4.16. The number of amides is 2. The summed E-state index contributed by atoms with van der Waals surface area (Å²) < 4.78 is 39.5. The number of carbonyl (C=O) groups excluding carboxylic acids is 1. The van der Waals surface area contributed by atoms with Gasteiger partial charge in [0.2, 0.25) is 5.28 Å². The molecule has 4 N–H and O–H groups in total. The standard InChI is InChI=1S/C20H22ClF3N6O2/c1-10(11-4-12(20(22,23)24)6-13(25)5-11)26-17-15-8-30(9-16(15)27-18(21)28-17)19(32)29-3-2-14(31)7-29/h4-6,10,14,31H,2-3,7-9,25H2,1H3,(H,26,27,28)/t10-,14+/m1/s1. The second kappa shape index (κ2) is 8.28. The molecule has 8 nitrogen and oxygen atoms in total. The average molecular weight is 471 g/mol. The molecule has 0 saturated carbocycles. The van der Waals surface area contributed by atoms with Gasteiger partial charge in [-0.25, -0.2) is 14.8 Å². The third kappa shape index (κ3) is 4.53. The number of aliphatic hydroxyl groups is 1. The topological polar surface area (TPSA) is 108 Å². The minimum Gasteiger partial charge on any atom is -0.399 e. The summed E-state index contributed by atoms with van der Waals surface area (Å²) in [4.78, 5) is 24.4. The van der Waals surface area contributed by atoms with E-state index in [1.54, 1.807) is 16.7 Å². The molecule has 3 heterocycles. The van der Waals surface area contributed by atoms with Crippen LogP contribution in [0.3, 0.4) is 0 Å². The van der Waals surface area contributed by atoms with Crippen LogP contribution >= 0.6 is 11.6 Å². The predicted octanol–water partition coefficient (Wildman–Crippen LogP) is 3.41. The van der Waals surface area contributed by atoms with Crippen LogP contribution in [0.2, 0.25) is 5.28 Å². The second-order valence-corrected chi connectivity index (χ2v) is 8.38. The monoisotopic (exact) mass is 470 g/mol. The van der Waals surface area contributed by atoms with E-state index >= 15 is 0 Å². The molecular formula is C20H22ClF3N6O2. The molecular weight excluding hydrogens is 449 g/mol. The van der Waals surface area contributed by atoms with Crippen molar-refractivity contribution in [2.24, 2.45) is 0 Å². The Morgan fingerprint density at radius 3 is 2.69 bits per heavy atom. The van der Waals surface area contributed by atoms with E-state index in [9.17, 15) is 23.1 Å². The Balaban J connectivity index is 1.56. The SMILES string of the molecule is C[C@@H](Nc1nc(Cl)nc2c1CN(C(=O)N1CC[C@H](O)C1)C2)c1cc(N)cc(C(F)(F)F)c1. The van der Waals surface area contributed by atoms with E-state index in [4.69, 9.17) is 17.3 Å². The minimum atomic E-state index is -4.52. The lowest BCUT2D eigenvalue weighted by Crippen LogP contribution is -2.39. The van der Waals surface area contributed by atoms with Crippen LogP contribution in [0.1, 0.15) is 41.8 Å². The van der Waals surface area contributed by atoms with E-state index in [0.29, 0.717) is 35.6 Å². The number of hydrogen-bond acceptors (Lipinski definition) is 6. The Bertz CT molecular complexity index is 1050. The quantitative estimate of drug-likeness (QED) is 0.469. The third-order valence-electron chi connectivity index (χ3n) is 5.62. The van der Waals surface area contributed by atoms with Crippen molar-refractivity contribution in [1.29, 1.82) is 0 Å². The van der Waals surface area contributed by atoms with Crippen LogP contribution in [0, 0.1) is 0 Å². The number of β-amino-alcohol motifs (C(OH)–C–C–N with tert-alkyl or cyclic N) is 1. The van der Waals surface area contributed by atoms with E-state index in [2.05, 4.69) is 15.3 Å². The molecule has 32 heavy (non-hydrogen) atoms. The van der Waals surface area contributed by atoms with Crippen molar-refractivity contribution in [3.63, 3.8) is 0 Å². The molecule has 0 unspecified atom stereocenters. The first kappa shape index (κ1) is 22.4. The van der Waals surface area contributed by atoms with Crippen LogP contribution in [0.15, 0.2) is 18.2 Å². The van der Waals surface area contributed by atoms with Gasteiger partial charge in [0.25, 0.3) is 0 Å². The van der Waals surface area contributed by atoms with E-state index < -0.39 is 23.9 Å². The summed E-state index contributed by atoms with van der Waals surface area (Å²) in [6.45, 7) is 2.87. The summed E-state index contributed by atoms with van der Waals surface area (Å²) in [6, 6.07) is 2.58.